The van der Waals surface area contributed by atoms with Gasteiger partial charge in [-0.05, 0) is 31.1 Å². The molecule has 1 aliphatic rings. The number of hydrogen-bond donors (Lipinski definition) is 2. The lowest BCUT2D eigenvalue weighted by atomic mass is 10.0. The minimum atomic E-state index is -0.717. The van der Waals surface area contributed by atoms with Gasteiger partial charge in [0.05, 0.1) is 35.9 Å². The summed E-state index contributed by atoms with van der Waals surface area (Å²) in [7, 11) is 2.97. The molecule has 1 amide bonds. The van der Waals surface area contributed by atoms with Crippen LogP contribution in [0.1, 0.15) is 30.6 Å². The van der Waals surface area contributed by atoms with E-state index in [0.717, 1.165) is 11.1 Å². The summed E-state index contributed by atoms with van der Waals surface area (Å²) in [4.78, 5) is 20.9. The maximum absolute atomic E-state index is 14.1. The van der Waals surface area contributed by atoms with Crippen LogP contribution in [0, 0.1) is 5.82 Å². The lowest BCUT2D eigenvalue weighted by molar-refractivity contribution is -0.0906. The molecule has 0 fully saturated rings. The number of furan rings is 1. The summed E-state index contributed by atoms with van der Waals surface area (Å²) in [5.41, 5.74) is 8.71. The van der Waals surface area contributed by atoms with Crippen LogP contribution in [0.2, 0.25) is 5.02 Å². The summed E-state index contributed by atoms with van der Waals surface area (Å²) >= 11 is 6.20. The molecule has 3 heterocycles. The number of hydrogen-bond acceptors (Lipinski definition) is 8. The van der Waals surface area contributed by atoms with Gasteiger partial charge in [-0.2, -0.15) is 0 Å². The first kappa shape index (κ1) is 23.7. The molecule has 1 atom stereocenters. The highest BCUT2D eigenvalue weighted by Crippen LogP contribution is 2.41. The van der Waals surface area contributed by atoms with Gasteiger partial charge in [-0.25, -0.2) is 14.2 Å². The molecule has 0 spiro atoms. The van der Waals surface area contributed by atoms with E-state index >= 15 is 0 Å². The quantitative estimate of drug-likeness (QED) is 0.511. The van der Waals surface area contributed by atoms with Gasteiger partial charge in [-0.3, -0.25) is 0 Å². The van der Waals surface area contributed by atoms with Crippen LogP contribution in [0.3, 0.4) is 0 Å². The van der Waals surface area contributed by atoms with Crippen LogP contribution < -0.4 is 20.5 Å². The van der Waals surface area contributed by atoms with Crippen LogP contribution in [0.15, 0.2) is 35.1 Å². The Balaban J connectivity index is 1.64. The van der Waals surface area contributed by atoms with Gasteiger partial charge < -0.3 is 29.8 Å². The Kier molecular flexibility index (Phi) is 6.80. The minimum Gasteiger partial charge on any atom is -0.496 e. The zero-order valence-electron chi connectivity index (χ0n) is 18.9. The number of rotatable bonds is 6. The van der Waals surface area contributed by atoms with E-state index in [1.54, 1.807) is 24.4 Å². The van der Waals surface area contributed by atoms with E-state index in [2.05, 4.69) is 10.3 Å². The number of aromatic nitrogens is 1. The molecule has 0 saturated carbocycles. The number of carbonyl (C=O) groups excluding carboxylic acids is 1. The fraction of sp³-hybridized carbons (Fsp3) is 0.304. The lowest BCUT2D eigenvalue weighted by Crippen LogP contribution is -2.34. The molecule has 3 aromatic rings. The van der Waals surface area contributed by atoms with E-state index in [1.807, 2.05) is 6.08 Å². The fourth-order valence-electron chi connectivity index (χ4n) is 3.82. The fourth-order valence-corrected chi connectivity index (χ4v) is 4.13. The predicted molar refractivity (Wildman–Crippen MR) is 125 cm³/mol. The average Bonchev–Trinajstić information content (AvgIpc) is 3.27. The van der Waals surface area contributed by atoms with Gasteiger partial charge in [0.2, 0.25) is 5.75 Å². The van der Waals surface area contributed by atoms with Crippen LogP contribution in [0.5, 0.6) is 11.5 Å². The zero-order valence-corrected chi connectivity index (χ0v) is 19.6. The number of nitrogen functional groups attached to an aromatic ring is 1. The van der Waals surface area contributed by atoms with Crippen molar-refractivity contribution in [3.8, 4) is 11.5 Å². The summed E-state index contributed by atoms with van der Waals surface area (Å²) in [5.74, 6) is 0.138. The van der Waals surface area contributed by atoms with E-state index < -0.39 is 18.0 Å². The molecular weight excluding hydrogens is 467 g/mol. The highest BCUT2D eigenvalue weighted by molar-refractivity contribution is 6.31. The van der Waals surface area contributed by atoms with Crippen LogP contribution in [-0.2, 0) is 4.84 Å². The minimum absolute atomic E-state index is 0.0958. The van der Waals surface area contributed by atoms with Crippen molar-refractivity contribution in [2.75, 3.05) is 33.0 Å². The third-order valence-corrected chi connectivity index (χ3v) is 5.93. The van der Waals surface area contributed by atoms with E-state index in [4.69, 9.17) is 36.1 Å². The second kappa shape index (κ2) is 9.78. The number of nitrogens with one attached hydrogen (secondary N) is 1. The van der Waals surface area contributed by atoms with Crippen molar-refractivity contribution in [2.24, 2.45) is 0 Å². The molecule has 3 N–H and O–H groups in total. The Morgan fingerprint density at radius 2 is 2.21 bits per heavy atom. The molecule has 0 saturated heterocycles. The van der Waals surface area contributed by atoms with E-state index in [9.17, 15) is 9.18 Å². The molecule has 9 nitrogen and oxygen atoms in total. The molecule has 0 radical (unpaired) electrons. The lowest BCUT2D eigenvalue weighted by Gasteiger charge is -2.24. The van der Waals surface area contributed by atoms with Gasteiger partial charge in [0.25, 0.3) is 0 Å². The molecule has 0 unspecified atom stereocenters. The summed E-state index contributed by atoms with van der Waals surface area (Å²) in [6.07, 6.45) is 4.57. The van der Waals surface area contributed by atoms with Crippen molar-refractivity contribution >= 4 is 40.1 Å². The van der Waals surface area contributed by atoms with Crippen LogP contribution in [0.25, 0.3) is 16.5 Å². The number of fused-ring (bicyclic) bond motifs is 1. The number of benzene rings is 1. The van der Waals surface area contributed by atoms with Gasteiger partial charge in [0.1, 0.15) is 17.7 Å². The smallest absolute Gasteiger partial charge is 0.426 e. The Bertz CT molecular complexity index is 1260. The number of nitrogens with zero attached hydrogens (tertiary/aromatic N) is 2. The van der Waals surface area contributed by atoms with Crippen molar-refractivity contribution in [1.29, 1.82) is 0 Å². The van der Waals surface area contributed by atoms with Crippen molar-refractivity contribution in [3.63, 3.8) is 0 Å². The molecular formula is C23H24ClFN4O5. The number of ether oxygens (including phenoxy) is 2. The second-order valence-corrected chi connectivity index (χ2v) is 7.98. The molecule has 0 bridgehead atoms. The first-order valence-corrected chi connectivity index (χ1v) is 10.9. The highest BCUT2D eigenvalue weighted by atomic mass is 35.5. The number of anilines is 1. The topological polar surface area (TPSA) is 112 Å². The zero-order chi connectivity index (χ0) is 24.4. The number of methoxy groups -OCH3 is 1. The number of amides is 1. The molecule has 2 aromatic heterocycles. The SMILES string of the molecule is CNC(=O)ON1CC=C(c2coc3c(O[C@H](C)c4c(OC)ccc(F)c4Cl)c(N)ncc23)CC1. The number of nitrogens with two attached hydrogens (primary N) is 1. The van der Waals surface area contributed by atoms with Crippen molar-refractivity contribution in [1.82, 2.24) is 15.4 Å². The van der Waals surface area contributed by atoms with Crippen LogP contribution in [-0.4, -0.2) is 43.4 Å². The Labute approximate surface area is 200 Å². The maximum Gasteiger partial charge on any atom is 0.426 e. The molecule has 1 aromatic carbocycles. The third kappa shape index (κ3) is 4.46. The normalized spacial score (nSPS) is 15.0. The first-order valence-electron chi connectivity index (χ1n) is 10.5. The van der Waals surface area contributed by atoms with Gasteiger partial charge >= 0.3 is 6.09 Å². The van der Waals surface area contributed by atoms with Crippen molar-refractivity contribution in [3.05, 3.63) is 52.6 Å². The number of pyridine rings is 1. The summed E-state index contributed by atoms with van der Waals surface area (Å²) in [5, 5.41) is 4.59. The summed E-state index contributed by atoms with van der Waals surface area (Å²) < 4.78 is 31.4. The van der Waals surface area contributed by atoms with Gasteiger partial charge in [-0.15, -0.1) is 5.06 Å². The Morgan fingerprint density at radius 3 is 2.88 bits per heavy atom. The molecule has 1 aliphatic heterocycles. The van der Waals surface area contributed by atoms with Gasteiger partial charge in [-0.1, -0.05) is 17.7 Å². The second-order valence-electron chi connectivity index (χ2n) is 7.60. The standard InChI is InChI=1S/C23H24ClFN4O5/c1-12(18-17(31-3)5-4-16(25)19(18)24)33-21-20-14(10-28-22(21)26)15(11-32-20)13-6-8-29(9-7-13)34-23(30)27-2/h4-6,10-12H,7-9H2,1-3H3,(H2,26,28)(H,27,30)/t12-/m1/s1. The number of carbonyl (C=O) groups is 1. The van der Waals surface area contributed by atoms with Gasteiger partial charge in [0, 0.05) is 25.4 Å². The van der Waals surface area contributed by atoms with Crippen molar-refractivity contribution in [2.45, 2.75) is 19.4 Å². The van der Waals surface area contributed by atoms with Crippen LogP contribution in [0.4, 0.5) is 15.0 Å². The van der Waals surface area contributed by atoms with E-state index in [0.29, 0.717) is 41.8 Å². The summed E-state index contributed by atoms with van der Waals surface area (Å²) in [6.45, 7) is 2.65. The molecule has 180 valence electrons. The largest absolute Gasteiger partial charge is 0.496 e. The Hall–Kier alpha value is -3.50. The van der Waals surface area contributed by atoms with E-state index in [-0.39, 0.29) is 16.6 Å². The third-order valence-electron chi connectivity index (χ3n) is 5.55. The number of hydroxylamine groups is 2. The molecule has 4 rings (SSSR count). The monoisotopic (exact) mass is 490 g/mol. The predicted octanol–water partition coefficient (Wildman–Crippen LogP) is 4.71. The summed E-state index contributed by atoms with van der Waals surface area (Å²) in [6, 6.07) is 2.71. The first-order chi connectivity index (χ1) is 16.3. The number of halogens is 2. The van der Waals surface area contributed by atoms with Crippen molar-refractivity contribution < 1.29 is 27.9 Å². The molecule has 34 heavy (non-hydrogen) atoms. The van der Waals surface area contributed by atoms with E-state index in [1.165, 1.54) is 26.3 Å². The Morgan fingerprint density at radius 1 is 1.41 bits per heavy atom. The van der Waals surface area contributed by atoms with Gasteiger partial charge in [0.15, 0.2) is 11.4 Å². The molecule has 0 aliphatic carbocycles. The average molecular weight is 491 g/mol. The maximum atomic E-state index is 14.1. The highest BCUT2D eigenvalue weighted by Gasteiger charge is 2.25. The van der Waals surface area contributed by atoms with Crippen LogP contribution >= 0.6 is 11.6 Å². The molecule has 11 heteroatoms.